The van der Waals surface area contributed by atoms with Crippen LogP contribution in [0.5, 0.6) is 0 Å². The third-order valence-corrected chi connectivity index (χ3v) is 12.5. The Morgan fingerprint density at radius 2 is 0.385 bits per heavy atom. The monoisotopic (exact) mass is 739 g/mol. The summed E-state index contributed by atoms with van der Waals surface area (Å²) in [5.41, 5.74) is 0. The van der Waals surface area contributed by atoms with Crippen molar-refractivity contribution in [1.82, 2.24) is 0 Å². The van der Waals surface area contributed by atoms with Gasteiger partial charge in [0.1, 0.15) is 13.1 Å². The molecule has 0 aliphatic carbocycles. The van der Waals surface area contributed by atoms with Gasteiger partial charge in [-0.05, 0) is 51.4 Å². The highest BCUT2D eigenvalue weighted by atomic mass is 16.3. The molecule has 4 nitrogen and oxygen atoms in total. The van der Waals surface area contributed by atoms with E-state index >= 15 is 0 Å². The molecular weight excluding hydrogens is 637 g/mol. The Kier molecular flexibility index (Phi) is 40.4. The molecule has 0 fully saturated rings. The van der Waals surface area contributed by atoms with Gasteiger partial charge < -0.3 is 19.2 Å². The molecule has 0 aliphatic rings. The Bertz CT molecular complexity index is 619. The zero-order valence-electron chi connectivity index (χ0n) is 36.9. The van der Waals surface area contributed by atoms with Crippen LogP contribution in [0.4, 0.5) is 0 Å². The van der Waals surface area contributed by atoms with Gasteiger partial charge in [-0.25, -0.2) is 0 Å². The summed E-state index contributed by atoms with van der Waals surface area (Å²) in [6, 6.07) is 0. The molecule has 0 aromatic heterocycles. The first-order valence-electron chi connectivity index (χ1n) is 24.3. The molecule has 0 amide bonds. The van der Waals surface area contributed by atoms with Crippen molar-refractivity contribution in [3.05, 3.63) is 0 Å². The second-order valence-corrected chi connectivity index (χ2v) is 18.0. The first-order valence-corrected chi connectivity index (χ1v) is 24.3. The third-order valence-electron chi connectivity index (χ3n) is 12.5. The van der Waals surface area contributed by atoms with E-state index in [1.807, 2.05) is 0 Å². The Labute approximate surface area is 329 Å². The minimum absolute atomic E-state index is 0.324. The molecule has 0 aromatic carbocycles. The van der Waals surface area contributed by atoms with Crippen molar-refractivity contribution < 1.29 is 19.2 Å². The predicted molar refractivity (Wildman–Crippen MR) is 233 cm³/mol. The summed E-state index contributed by atoms with van der Waals surface area (Å²) in [5, 5.41) is 19.5. The maximum Gasteiger partial charge on any atom is 0.102 e. The maximum atomic E-state index is 9.74. The van der Waals surface area contributed by atoms with Crippen LogP contribution in [-0.4, -0.2) is 85.8 Å². The summed E-state index contributed by atoms with van der Waals surface area (Å²) >= 11 is 0. The van der Waals surface area contributed by atoms with E-state index in [9.17, 15) is 10.2 Å². The number of aliphatic hydroxyl groups excluding tert-OH is 2. The first-order chi connectivity index (χ1) is 25.4. The lowest BCUT2D eigenvalue weighted by atomic mass is 10.0. The van der Waals surface area contributed by atoms with Crippen molar-refractivity contribution >= 4 is 0 Å². The van der Waals surface area contributed by atoms with Gasteiger partial charge in [0.25, 0.3) is 0 Å². The molecule has 52 heavy (non-hydrogen) atoms. The molecule has 0 spiro atoms. The fraction of sp³-hybridized carbons (Fsp3) is 1.00. The molecule has 0 heterocycles. The van der Waals surface area contributed by atoms with E-state index in [2.05, 4.69) is 27.9 Å². The zero-order valence-corrected chi connectivity index (χ0v) is 36.9. The zero-order chi connectivity index (χ0) is 38.1. The lowest BCUT2D eigenvalue weighted by Crippen LogP contribution is -2.47. The van der Waals surface area contributed by atoms with Crippen LogP contribution in [0.1, 0.15) is 245 Å². The summed E-state index contributed by atoms with van der Waals surface area (Å²) in [7, 11) is 4.78. The van der Waals surface area contributed by atoms with Crippen LogP contribution in [0, 0.1) is 0 Å². The van der Waals surface area contributed by atoms with E-state index in [1.165, 1.54) is 257 Å². The highest BCUT2D eigenvalue weighted by Gasteiger charge is 2.21. The van der Waals surface area contributed by atoms with Gasteiger partial charge in [0.05, 0.1) is 53.5 Å². The average molecular weight is 739 g/mol. The van der Waals surface area contributed by atoms with Crippen molar-refractivity contribution in [3.63, 3.8) is 0 Å². The Balaban J connectivity index is 3.76. The van der Waals surface area contributed by atoms with Crippen molar-refractivity contribution in [3.8, 4) is 0 Å². The van der Waals surface area contributed by atoms with Gasteiger partial charge in [-0.15, -0.1) is 0 Å². The number of aliphatic hydroxyl groups is 2. The molecule has 0 radical (unpaired) electrons. The smallest absolute Gasteiger partial charge is 0.102 e. The molecule has 314 valence electrons. The topological polar surface area (TPSA) is 40.5 Å². The fourth-order valence-corrected chi connectivity index (χ4v) is 8.58. The van der Waals surface area contributed by atoms with Crippen LogP contribution in [0.2, 0.25) is 0 Å². The number of unbranched alkanes of at least 4 members (excludes halogenated alkanes) is 33. The Morgan fingerprint density at radius 1 is 0.231 bits per heavy atom. The van der Waals surface area contributed by atoms with Crippen molar-refractivity contribution in [2.75, 3.05) is 66.6 Å². The quantitative estimate of drug-likeness (QED) is 0.0482. The van der Waals surface area contributed by atoms with E-state index in [-0.39, 0.29) is 0 Å². The van der Waals surface area contributed by atoms with Gasteiger partial charge in [0.2, 0.25) is 0 Å². The Morgan fingerprint density at radius 3 is 0.538 bits per heavy atom. The fourth-order valence-electron chi connectivity index (χ4n) is 8.58. The van der Waals surface area contributed by atoms with Crippen LogP contribution in [0.15, 0.2) is 0 Å². The number of nitrogens with zero attached hydrogens (tertiary/aromatic N) is 2. The predicted octanol–water partition coefficient (Wildman–Crippen LogP) is 13.9. The molecule has 0 saturated carbocycles. The lowest BCUT2D eigenvalue weighted by Gasteiger charge is -2.34. The van der Waals surface area contributed by atoms with Crippen molar-refractivity contribution in [1.29, 1.82) is 0 Å². The van der Waals surface area contributed by atoms with Crippen molar-refractivity contribution in [2.45, 2.75) is 245 Å². The number of likely N-dealkylation sites (N-methyl/N-ethyl adjacent to an activating group) is 2. The van der Waals surface area contributed by atoms with Gasteiger partial charge >= 0.3 is 0 Å². The number of hydrogen-bond donors (Lipinski definition) is 2. The highest BCUT2D eigenvalue weighted by Crippen LogP contribution is 2.18. The minimum Gasteiger partial charge on any atom is -0.391 e. The number of rotatable bonds is 45. The van der Waals surface area contributed by atoms with Gasteiger partial charge in [-0.2, -0.15) is 0 Å². The van der Waals surface area contributed by atoms with E-state index in [4.69, 9.17) is 0 Å². The largest absolute Gasteiger partial charge is 0.391 e. The van der Waals surface area contributed by atoms with Gasteiger partial charge in [-0.1, -0.05) is 194 Å². The summed E-state index contributed by atoms with van der Waals surface area (Å²) in [6.07, 6.45) is 50.5. The minimum atomic E-state index is 0.324. The van der Waals surface area contributed by atoms with E-state index < -0.39 is 0 Å². The summed E-state index contributed by atoms with van der Waals surface area (Å²) in [4.78, 5) is 0. The molecular formula is C48H102N2O2+2. The molecule has 4 heteroatoms. The third kappa shape index (κ3) is 36.8. The second-order valence-electron chi connectivity index (χ2n) is 18.0. The molecule has 0 aromatic rings. The number of hydrogen-bond acceptors (Lipinski definition) is 2. The maximum absolute atomic E-state index is 9.74. The van der Waals surface area contributed by atoms with E-state index in [0.717, 1.165) is 22.1 Å². The molecule has 2 unspecified atom stereocenters. The summed E-state index contributed by atoms with van der Waals surface area (Å²) in [5.74, 6) is 0. The lowest BCUT2D eigenvalue weighted by molar-refractivity contribution is -0.910. The van der Waals surface area contributed by atoms with E-state index in [1.54, 1.807) is 0 Å². The highest BCUT2D eigenvalue weighted by molar-refractivity contribution is 4.54. The van der Waals surface area contributed by atoms with Gasteiger partial charge in [-0.3, -0.25) is 0 Å². The molecule has 0 bridgehead atoms. The van der Waals surface area contributed by atoms with E-state index in [0.29, 0.717) is 13.2 Å². The van der Waals surface area contributed by atoms with Gasteiger partial charge in [0, 0.05) is 0 Å². The summed E-state index contributed by atoms with van der Waals surface area (Å²) in [6.45, 7) is 12.0. The van der Waals surface area contributed by atoms with Crippen LogP contribution >= 0.6 is 0 Å². The summed E-state index contributed by atoms with van der Waals surface area (Å²) < 4.78 is 2.14. The van der Waals surface area contributed by atoms with Crippen molar-refractivity contribution in [2.24, 2.45) is 0 Å². The standard InChI is InChI=1S/C48H102N2O2/c1-5-7-9-11-13-15-17-19-21-23-25-29-33-37-41-49(3,45-47-51)43-39-35-31-27-28-32-36-40-44-50(4,46-48-52)42-38-34-30-26-24-22-20-18-16-14-12-10-8-6-2/h51-52H,5-48H2,1-4H3/q+2. The average Bonchev–Trinajstić information content (AvgIpc) is 3.13. The van der Waals surface area contributed by atoms with Crippen LogP contribution in [0.3, 0.4) is 0 Å². The molecule has 0 saturated heterocycles. The van der Waals surface area contributed by atoms with Crippen LogP contribution in [0.25, 0.3) is 0 Å². The molecule has 2 atom stereocenters. The Hall–Kier alpha value is -0.160. The SMILES string of the molecule is CCCCCCCCCCCCCCCC[N+](C)(CCO)CCCCCCCCCC[N+](C)(CCO)CCCCCCCCCCCCCCCC. The van der Waals surface area contributed by atoms with Crippen LogP contribution < -0.4 is 0 Å². The number of quaternary nitrogens is 2. The van der Waals surface area contributed by atoms with Crippen LogP contribution in [-0.2, 0) is 0 Å². The normalized spacial score (nSPS) is 14.2. The molecule has 0 rings (SSSR count). The first kappa shape index (κ1) is 51.8. The molecule has 2 N–H and O–H groups in total. The second kappa shape index (κ2) is 40.5. The van der Waals surface area contributed by atoms with Gasteiger partial charge in [0.15, 0.2) is 0 Å². The molecule has 0 aliphatic heterocycles.